The van der Waals surface area contributed by atoms with E-state index in [0.717, 1.165) is 5.56 Å². The number of carboxylic acid groups (broad SMARTS) is 2. The molecule has 4 N–H and O–H groups in total. The average molecular weight is 375 g/mol. The van der Waals surface area contributed by atoms with Crippen LogP contribution >= 0.6 is 0 Å². The van der Waals surface area contributed by atoms with Gasteiger partial charge in [-0.05, 0) is 54.7 Å². The minimum absolute atomic E-state index is 0.242. The fourth-order valence-corrected chi connectivity index (χ4v) is 4.41. The summed E-state index contributed by atoms with van der Waals surface area (Å²) in [6.07, 6.45) is 13.0. The fraction of sp³-hybridized carbons (Fsp3) is 0.571. The first-order valence-corrected chi connectivity index (χ1v) is 9.80. The Balaban J connectivity index is 0.000000380. The number of nitrogens with two attached hydrogens (primary N) is 1. The molecule has 2 aliphatic carbocycles. The number of amides is 1. The summed E-state index contributed by atoms with van der Waals surface area (Å²) in [7, 11) is 0. The van der Waals surface area contributed by atoms with Gasteiger partial charge in [-0.3, -0.25) is 4.79 Å². The molecule has 148 valence electrons. The Hall–Kier alpha value is -2.37. The van der Waals surface area contributed by atoms with E-state index in [4.69, 9.17) is 25.5 Å². The van der Waals surface area contributed by atoms with Crippen molar-refractivity contribution < 1.29 is 24.6 Å². The number of carboxylic acids is 2. The Morgan fingerprint density at radius 3 is 1.70 bits per heavy atom. The first-order chi connectivity index (χ1) is 12.9. The van der Waals surface area contributed by atoms with Crippen LogP contribution in [0, 0.1) is 0 Å². The second-order valence-electron chi connectivity index (χ2n) is 7.45. The van der Waals surface area contributed by atoms with Crippen LogP contribution in [0.3, 0.4) is 0 Å². The van der Waals surface area contributed by atoms with Gasteiger partial charge < -0.3 is 15.9 Å². The lowest BCUT2D eigenvalue weighted by Gasteiger charge is -2.31. The number of aliphatic carboxylic acids is 2. The summed E-state index contributed by atoms with van der Waals surface area (Å²) in [5.74, 6) is -2.69. The van der Waals surface area contributed by atoms with Gasteiger partial charge in [-0.1, -0.05) is 50.7 Å². The van der Waals surface area contributed by atoms with Gasteiger partial charge in [0.1, 0.15) is 0 Å². The highest BCUT2D eigenvalue weighted by molar-refractivity contribution is 6.27. The Morgan fingerprint density at radius 1 is 0.778 bits per heavy atom. The molecule has 0 bridgehead atoms. The molecule has 0 radical (unpaired) electrons. The second kappa shape index (κ2) is 10.1. The summed E-state index contributed by atoms with van der Waals surface area (Å²) in [5.41, 5.74) is 9.24. The third-order valence-electron chi connectivity index (χ3n) is 5.65. The molecule has 0 aliphatic heterocycles. The van der Waals surface area contributed by atoms with Crippen molar-refractivity contribution in [2.24, 2.45) is 5.73 Å². The summed E-state index contributed by atoms with van der Waals surface area (Å²) in [6, 6.07) is 6.25. The van der Waals surface area contributed by atoms with Crippen molar-refractivity contribution in [2.75, 3.05) is 0 Å². The topological polar surface area (TPSA) is 118 Å². The molecule has 1 aromatic carbocycles. The summed E-state index contributed by atoms with van der Waals surface area (Å²) in [5, 5.41) is 14.8. The Labute approximate surface area is 159 Å². The quantitative estimate of drug-likeness (QED) is 0.689. The van der Waals surface area contributed by atoms with Gasteiger partial charge in [-0.15, -0.1) is 0 Å². The van der Waals surface area contributed by atoms with Crippen LogP contribution in [-0.4, -0.2) is 28.1 Å². The van der Waals surface area contributed by atoms with Gasteiger partial charge in [0.2, 0.25) is 5.91 Å². The number of carbonyl (C=O) groups excluding carboxylic acids is 1. The molecule has 0 saturated heterocycles. The highest BCUT2D eigenvalue weighted by Crippen LogP contribution is 2.42. The van der Waals surface area contributed by atoms with Crippen molar-refractivity contribution in [1.82, 2.24) is 0 Å². The van der Waals surface area contributed by atoms with Crippen molar-refractivity contribution in [3.05, 3.63) is 34.9 Å². The zero-order valence-corrected chi connectivity index (χ0v) is 15.7. The van der Waals surface area contributed by atoms with Crippen LogP contribution in [0.25, 0.3) is 0 Å². The van der Waals surface area contributed by atoms with E-state index in [2.05, 4.69) is 6.07 Å². The number of primary amides is 1. The van der Waals surface area contributed by atoms with Gasteiger partial charge in [0.25, 0.3) is 0 Å². The van der Waals surface area contributed by atoms with Crippen LogP contribution < -0.4 is 5.73 Å². The van der Waals surface area contributed by atoms with Gasteiger partial charge >= 0.3 is 11.9 Å². The van der Waals surface area contributed by atoms with Crippen LogP contribution in [0.4, 0.5) is 0 Å². The largest absolute Gasteiger partial charge is 0.473 e. The summed E-state index contributed by atoms with van der Waals surface area (Å²) in [6.45, 7) is 0. The lowest BCUT2D eigenvalue weighted by molar-refractivity contribution is -0.159. The number of benzene rings is 1. The zero-order valence-electron chi connectivity index (χ0n) is 15.7. The van der Waals surface area contributed by atoms with Crippen LogP contribution in [0.5, 0.6) is 0 Å². The average Bonchev–Trinajstić information content (AvgIpc) is 2.69. The molecule has 0 aromatic heterocycles. The molecule has 0 spiro atoms. The normalized spacial score (nSPS) is 18.2. The lowest BCUT2D eigenvalue weighted by Crippen LogP contribution is -2.20. The summed E-state index contributed by atoms with van der Waals surface area (Å²) < 4.78 is 0. The van der Waals surface area contributed by atoms with Gasteiger partial charge in [-0.25, -0.2) is 9.59 Å². The standard InChI is InChI=1S/C19H27NO.C2H2O4/c20-19(21)17-13-7-12-16(14-8-3-1-4-9-14)18(17)15-10-5-2-6-11-15;3-1(4)2(5)6/h7,12-15H,1-6,8-11H2,(H2,20,21);(H,3,4)(H,5,6). The Kier molecular flexibility index (Phi) is 7.82. The number of hydrogen-bond donors (Lipinski definition) is 3. The Morgan fingerprint density at radius 2 is 1.26 bits per heavy atom. The van der Waals surface area contributed by atoms with E-state index in [9.17, 15) is 4.79 Å². The molecule has 2 saturated carbocycles. The Bertz CT molecular complexity index is 661. The third-order valence-corrected chi connectivity index (χ3v) is 5.65. The van der Waals surface area contributed by atoms with E-state index in [1.807, 2.05) is 12.1 Å². The molecule has 2 aliphatic rings. The van der Waals surface area contributed by atoms with Crippen molar-refractivity contribution >= 4 is 17.8 Å². The lowest BCUT2D eigenvalue weighted by atomic mass is 9.74. The molecule has 1 aromatic rings. The fourth-order valence-electron chi connectivity index (χ4n) is 4.41. The van der Waals surface area contributed by atoms with Gasteiger partial charge in [0.05, 0.1) is 0 Å². The van der Waals surface area contributed by atoms with E-state index < -0.39 is 11.9 Å². The molecule has 27 heavy (non-hydrogen) atoms. The van der Waals surface area contributed by atoms with Crippen LogP contribution in [0.15, 0.2) is 18.2 Å². The monoisotopic (exact) mass is 375 g/mol. The van der Waals surface area contributed by atoms with Crippen molar-refractivity contribution in [2.45, 2.75) is 76.0 Å². The number of hydrogen-bond acceptors (Lipinski definition) is 3. The van der Waals surface area contributed by atoms with Crippen LogP contribution in [-0.2, 0) is 9.59 Å². The van der Waals surface area contributed by atoms with E-state index in [1.165, 1.54) is 75.3 Å². The molecule has 3 rings (SSSR count). The minimum atomic E-state index is -1.82. The maximum absolute atomic E-state index is 11.9. The van der Waals surface area contributed by atoms with E-state index in [-0.39, 0.29) is 5.91 Å². The molecular weight excluding hydrogens is 346 g/mol. The molecule has 6 heteroatoms. The highest BCUT2D eigenvalue weighted by atomic mass is 16.4. The van der Waals surface area contributed by atoms with E-state index in [0.29, 0.717) is 11.8 Å². The maximum atomic E-state index is 11.9. The SMILES string of the molecule is NC(=O)c1cccc(C2CCCCC2)c1C1CCCCC1.O=C(O)C(=O)O. The molecule has 0 unspecified atom stereocenters. The minimum Gasteiger partial charge on any atom is -0.473 e. The first-order valence-electron chi connectivity index (χ1n) is 9.80. The van der Waals surface area contributed by atoms with Crippen LogP contribution in [0.1, 0.15) is 97.5 Å². The highest BCUT2D eigenvalue weighted by Gasteiger charge is 2.27. The second-order valence-corrected chi connectivity index (χ2v) is 7.45. The van der Waals surface area contributed by atoms with Crippen molar-refractivity contribution in [3.63, 3.8) is 0 Å². The summed E-state index contributed by atoms with van der Waals surface area (Å²) >= 11 is 0. The maximum Gasteiger partial charge on any atom is 0.414 e. The summed E-state index contributed by atoms with van der Waals surface area (Å²) in [4.78, 5) is 30.1. The molecule has 0 atom stereocenters. The number of carbonyl (C=O) groups is 3. The predicted octanol–water partition coefficient (Wildman–Crippen LogP) is 4.04. The third kappa shape index (κ3) is 5.81. The van der Waals surface area contributed by atoms with Crippen molar-refractivity contribution in [3.8, 4) is 0 Å². The zero-order chi connectivity index (χ0) is 19.8. The first kappa shape index (κ1) is 20.9. The van der Waals surface area contributed by atoms with Gasteiger partial charge in [0, 0.05) is 5.56 Å². The van der Waals surface area contributed by atoms with Gasteiger partial charge in [-0.2, -0.15) is 0 Å². The van der Waals surface area contributed by atoms with Crippen molar-refractivity contribution in [1.29, 1.82) is 0 Å². The molecule has 2 fully saturated rings. The van der Waals surface area contributed by atoms with Crippen LogP contribution in [0.2, 0.25) is 0 Å². The van der Waals surface area contributed by atoms with E-state index in [1.54, 1.807) is 0 Å². The van der Waals surface area contributed by atoms with Gasteiger partial charge in [0.15, 0.2) is 0 Å². The molecule has 1 amide bonds. The van der Waals surface area contributed by atoms with E-state index >= 15 is 0 Å². The molecule has 0 heterocycles. The smallest absolute Gasteiger partial charge is 0.414 e. The molecular formula is C21H29NO5. The number of rotatable bonds is 3. The predicted molar refractivity (Wildman–Crippen MR) is 102 cm³/mol. The molecule has 6 nitrogen and oxygen atoms in total.